The van der Waals surface area contributed by atoms with E-state index in [1.54, 1.807) is 11.8 Å². The lowest BCUT2D eigenvalue weighted by Gasteiger charge is -2.22. The topological polar surface area (TPSA) is 50.4 Å². The maximum Gasteiger partial charge on any atom is 0.230 e. The summed E-state index contributed by atoms with van der Waals surface area (Å²) in [5.74, 6) is 0.518. The zero-order valence-corrected chi connectivity index (χ0v) is 12.5. The SMILES string of the molecule is O=C(CSc1ccccc1)NCCOC1CCNCC1. The zero-order chi connectivity index (χ0) is 14.0. The van der Waals surface area contributed by atoms with Gasteiger partial charge in [0.2, 0.25) is 5.91 Å². The van der Waals surface area contributed by atoms with E-state index in [9.17, 15) is 4.79 Å². The Morgan fingerprint density at radius 1 is 1.30 bits per heavy atom. The van der Waals surface area contributed by atoms with Crippen LogP contribution in [0.5, 0.6) is 0 Å². The summed E-state index contributed by atoms with van der Waals surface area (Å²) >= 11 is 1.55. The van der Waals surface area contributed by atoms with E-state index in [1.165, 1.54) is 0 Å². The largest absolute Gasteiger partial charge is 0.376 e. The average molecular weight is 294 g/mol. The molecule has 0 aliphatic carbocycles. The Hall–Kier alpha value is -1.04. The highest BCUT2D eigenvalue weighted by Gasteiger charge is 2.12. The van der Waals surface area contributed by atoms with Crippen molar-refractivity contribution in [2.24, 2.45) is 0 Å². The van der Waals surface area contributed by atoms with Crippen molar-refractivity contribution in [3.8, 4) is 0 Å². The third-order valence-corrected chi connectivity index (χ3v) is 4.19. The Balaban J connectivity index is 1.51. The minimum absolute atomic E-state index is 0.0627. The summed E-state index contributed by atoms with van der Waals surface area (Å²) in [7, 11) is 0. The summed E-state index contributed by atoms with van der Waals surface area (Å²) < 4.78 is 5.73. The first-order valence-electron chi connectivity index (χ1n) is 7.11. The molecular weight excluding hydrogens is 272 g/mol. The monoisotopic (exact) mass is 294 g/mol. The molecular formula is C15H22N2O2S. The van der Waals surface area contributed by atoms with Gasteiger partial charge in [0.15, 0.2) is 0 Å². The molecule has 20 heavy (non-hydrogen) atoms. The third kappa shape index (κ3) is 5.94. The molecule has 0 unspecified atom stereocenters. The van der Waals surface area contributed by atoms with Gasteiger partial charge in [0, 0.05) is 11.4 Å². The van der Waals surface area contributed by atoms with Crippen LogP contribution in [0.2, 0.25) is 0 Å². The van der Waals surface area contributed by atoms with E-state index in [-0.39, 0.29) is 5.91 Å². The van der Waals surface area contributed by atoms with Gasteiger partial charge in [-0.05, 0) is 38.1 Å². The average Bonchev–Trinajstić information content (AvgIpc) is 2.52. The molecule has 0 spiro atoms. The fourth-order valence-corrected chi connectivity index (χ4v) is 2.84. The number of ether oxygens (including phenoxy) is 1. The molecule has 1 aliphatic rings. The summed E-state index contributed by atoms with van der Waals surface area (Å²) in [5, 5.41) is 6.20. The summed E-state index contributed by atoms with van der Waals surface area (Å²) in [6.45, 7) is 3.26. The molecule has 0 atom stereocenters. The lowest BCUT2D eigenvalue weighted by molar-refractivity contribution is -0.118. The maximum atomic E-state index is 11.7. The van der Waals surface area contributed by atoms with Crippen molar-refractivity contribution in [1.82, 2.24) is 10.6 Å². The molecule has 2 N–H and O–H groups in total. The van der Waals surface area contributed by atoms with E-state index in [2.05, 4.69) is 10.6 Å². The van der Waals surface area contributed by atoms with Crippen molar-refractivity contribution >= 4 is 17.7 Å². The molecule has 1 heterocycles. The summed E-state index contributed by atoms with van der Waals surface area (Å²) in [4.78, 5) is 12.8. The van der Waals surface area contributed by atoms with Gasteiger partial charge in [0.25, 0.3) is 0 Å². The molecule has 0 aromatic heterocycles. The number of thioether (sulfide) groups is 1. The third-order valence-electron chi connectivity index (χ3n) is 3.18. The minimum atomic E-state index is 0.0627. The second-order valence-corrected chi connectivity index (χ2v) is 5.82. The van der Waals surface area contributed by atoms with Crippen LogP contribution >= 0.6 is 11.8 Å². The van der Waals surface area contributed by atoms with Crippen LogP contribution in [0.15, 0.2) is 35.2 Å². The molecule has 5 heteroatoms. The van der Waals surface area contributed by atoms with E-state index >= 15 is 0 Å². The molecule has 110 valence electrons. The number of carbonyl (C=O) groups excluding carboxylic acids is 1. The standard InChI is InChI=1S/C15H22N2O2S/c18-15(12-20-14-4-2-1-3-5-14)17-10-11-19-13-6-8-16-9-7-13/h1-5,13,16H,6-12H2,(H,17,18). The van der Waals surface area contributed by atoms with Gasteiger partial charge in [-0.15, -0.1) is 11.8 Å². The summed E-state index contributed by atoms with van der Waals surface area (Å²) in [5.41, 5.74) is 0. The van der Waals surface area contributed by atoms with E-state index in [4.69, 9.17) is 4.74 Å². The Kier molecular flexibility index (Phi) is 6.91. The number of amides is 1. The highest BCUT2D eigenvalue weighted by atomic mass is 32.2. The molecule has 1 amide bonds. The van der Waals surface area contributed by atoms with Gasteiger partial charge in [-0.25, -0.2) is 0 Å². The molecule has 1 aliphatic heterocycles. The number of hydrogen-bond donors (Lipinski definition) is 2. The number of benzene rings is 1. The first-order valence-corrected chi connectivity index (χ1v) is 8.10. The fraction of sp³-hybridized carbons (Fsp3) is 0.533. The van der Waals surface area contributed by atoms with Crippen molar-refractivity contribution in [2.45, 2.75) is 23.8 Å². The number of nitrogens with one attached hydrogen (secondary N) is 2. The number of rotatable bonds is 7. The van der Waals surface area contributed by atoms with Gasteiger partial charge >= 0.3 is 0 Å². The predicted octanol–water partition coefficient (Wildman–Crippen LogP) is 1.66. The van der Waals surface area contributed by atoms with Crippen molar-refractivity contribution in [2.75, 3.05) is 32.0 Å². The molecule has 1 aromatic rings. The van der Waals surface area contributed by atoms with Gasteiger partial charge in [0.05, 0.1) is 18.5 Å². The quantitative estimate of drug-likeness (QED) is 0.593. The predicted molar refractivity (Wildman–Crippen MR) is 82.0 cm³/mol. The molecule has 1 aromatic carbocycles. The Morgan fingerprint density at radius 2 is 2.05 bits per heavy atom. The number of carbonyl (C=O) groups is 1. The van der Waals surface area contributed by atoms with Crippen LogP contribution < -0.4 is 10.6 Å². The van der Waals surface area contributed by atoms with Crippen molar-refractivity contribution in [3.05, 3.63) is 30.3 Å². The molecule has 0 saturated carbocycles. The smallest absolute Gasteiger partial charge is 0.230 e. The minimum Gasteiger partial charge on any atom is -0.376 e. The number of hydrogen-bond acceptors (Lipinski definition) is 4. The Bertz CT molecular complexity index is 394. The van der Waals surface area contributed by atoms with Crippen LogP contribution in [0.1, 0.15) is 12.8 Å². The van der Waals surface area contributed by atoms with Gasteiger partial charge < -0.3 is 15.4 Å². The Labute approximate surface area is 124 Å². The molecule has 0 bridgehead atoms. The highest BCUT2D eigenvalue weighted by molar-refractivity contribution is 8.00. The normalized spacial score (nSPS) is 16.0. The van der Waals surface area contributed by atoms with Crippen LogP contribution in [-0.2, 0) is 9.53 Å². The lowest BCUT2D eigenvalue weighted by Crippen LogP contribution is -2.35. The molecule has 1 fully saturated rings. The van der Waals surface area contributed by atoms with Crippen LogP contribution in [0, 0.1) is 0 Å². The second kappa shape index (κ2) is 9.00. The first-order chi connectivity index (χ1) is 9.84. The Morgan fingerprint density at radius 3 is 2.80 bits per heavy atom. The first kappa shape index (κ1) is 15.4. The molecule has 2 rings (SSSR count). The molecule has 0 radical (unpaired) electrons. The maximum absolute atomic E-state index is 11.7. The van der Waals surface area contributed by atoms with Crippen LogP contribution in [-0.4, -0.2) is 44.0 Å². The van der Waals surface area contributed by atoms with Gasteiger partial charge in [-0.3, -0.25) is 4.79 Å². The number of piperidine rings is 1. The summed E-state index contributed by atoms with van der Waals surface area (Å²) in [6.07, 6.45) is 2.49. The van der Waals surface area contributed by atoms with Crippen LogP contribution in [0.3, 0.4) is 0 Å². The van der Waals surface area contributed by atoms with E-state index in [0.717, 1.165) is 30.8 Å². The van der Waals surface area contributed by atoms with Crippen LogP contribution in [0.25, 0.3) is 0 Å². The van der Waals surface area contributed by atoms with Crippen LogP contribution in [0.4, 0.5) is 0 Å². The van der Waals surface area contributed by atoms with Crippen molar-refractivity contribution < 1.29 is 9.53 Å². The summed E-state index contributed by atoms with van der Waals surface area (Å²) in [6, 6.07) is 9.96. The van der Waals surface area contributed by atoms with E-state index < -0.39 is 0 Å². The second-order valence-electron chi connectivity index (χ2n) is 4.77. The van der Waals surface area contributed by atoms with E-state index in [1.807, 2.05) is 30.3 Å². The van der Waals surface area contributed by atoms with Gasteiger partial charge in [0.1, 0.15) is 0 Å². The molecule has 1 saturated heterocycles. The van der Waals surface area contributed by atoms with Crippen molar-refractivity contribution in [3.63, 3.8) is 0 Å². The van der Waals surface area contributed by atoms with Crippen molar-refractivity contribution in [1.29, 1.82) is 0 Å². The van der Waals surface area contributed by atoms with Gasteiger partial charge in [-0.1, -0.05) is 18.2 Å². The highest BCUT2D eigenvalue weighted by Crippen LogP contribution is 2.16. The van der Waals surface area contributed by atoms with E-state index in [0.29, 0.717) is 25.0 Å². The van der Waals surface area contributed by atoms with Gasteiger partial charge in [-0.2, -0.15) is 0 Å². The fourth-order valence-electron chi connectivity index (χ4n) is 2.09. The molecule has 4 nitrogen and oxygen atoms in total. The zero-order valence-electron chi connectivity index (χ0n) is 11.6. The lowest BCUT2D eigenvalue weighted by atomic mass is 10.1.